The molecule has 2 atom stereocenters. The third-order valence-corrected chi connectivity index (χ3v) is 12.4. The molecule has 17 heteroatoms. The van der Waals surface area contributed by atoms with Gasteiger partial charge in [0.1, 0.15) is 11.6 Å². The monoisotopic (exact) mass is 687 g/mol. The number of morpholine rings is 1. The van der Waals surface area contributed by atoms with E-state index in [1.165, 1.54) is 10.5 Å². The van der Waals surface area contributed by atoms with Crippen molar-refractivity contribution in [2.45, 2.75) is 68.6 Å². The molecule has 0 amide bonds. The van der Waals surface area contributed by atoms with Crippen LogP contribution in [0.4, 0.5) is 14.5 Å². The van der Waals surface area contributed by atoms with E-state index in [2.05, 4.69) is 39.7 Å². The van der Waals surface area contributed by atoms with Crippen molar-refractivity contribution in [3.63, 3.8) is 0 Å². The van der Waals surface area contributed by atoms with Crippen LogP contribution in [0.3, 0.4) is 0 Å². The first-order chi connectivity index (χ1) is 21.1. The number of fused-ring (bicyclic) bond motifs is 1. The fourth-order valence-corrected chi connectivity index (χ4v) is 8.58. The molecule has 0 aromatic carbocycles. The number of nitrogens with zero attached hydrogens (tertiary/aromatic N) is 7. The Morgan fingerprint density at radius 1 is 1.22 bits per heavy atom. The molecule has 12 nitrogen and oxygen atoms in total. The number of pyridine rings is 1. The van der Waals surface area contributed by atoms with Crippen LogP contribution in [0.15, 0.2) is 23.4 Å². The van der Waals surface area contributed by atoms with Crippen molar-refractivity contribution in [1.29, 1.82) is 0 Å². The third-order valence-electron chi connectivity index (χ3n) is 7.87. The Kier molecular flexibility index (Phi) is 10.0. The predicted molar refractivity (Wildman–Crippen MR) is 171 cm³/mol. The average Bonchev–Trinajstić information content (AvgIpc) is 3.57. The van der Waals surface area contributed by atoms with E-state index in [1.54, 1.807) is 16.7 Å². The molecule has 0 unspecified atom stereocenters. The molecule has 5 rings (SSSR count). The van der Waals surface area contributed by atoms with Crippen LogP contribution >= 0.6 is 11.3 Å². The standard InChI is InChI=1S/C28H43F2N7O5S2Si/c1-19-12-35(14-20(42-19)13-34(3)4)22-10-21(15-36-23(22)11-31-25(36)27-33-32-26(43-27)24(29)30)44(38,39)37(28(2)16-41-17-28)18-40-8-9-45(5,6)7/h10-11,15,19-20,24H,8-9,12-14,16-18H2,1-7H3/t19-,20-/m0/s1. The number of hydrogen-bond acceptors (Lipinski definition) is 11. The highest BCUT2D eigenvalue weighted by molar-refractivity contribution is 7.89. The maximum absolute atomic E-state index is 14.6. The van der Waals surface area contributed by atoms with Crippen molar-refractivity contribution in [2.75, 3.05) is 65.2 Å². The minimum Gasteiger partial charge on any atom is -0.377 e. The maximum atomic E-state index is 14.6. The van der Waals surface area contributed by atoms with Gasteiger partial charge < -0.3 is 24.0 Å². The van der Waals surface area contributed by atoms with Crippen molar-refractivity contribution >= 4 is 40.6 Å². The molecule has 3 aromatic heterocycles. The second-order valence-corrected chi connectivity index (χ2v) is 22.1. The van der Waals surface area contributed by atoms with Crippen LogP contribution in [0.2, 0.25) is 25.7 Å². The summed E-state index contributed by atoms with van der Waals surface area (Å²) in [7, 11) is -1.60. The number of anilines is 1. The number of alkyl halides is 2. The van der Waals surface area contributed by atoms with Gasteiger partial charge in [-0.1, -0.05) is 31.0 Å². The number of rotatable bonds is 13. The number of hydrogen-bond donors (Lipinski definition) is 0. The summed E-state index contributed by atoms with van der Waals surface area (Å²) in [6, 6.07) is 2.57. The minimum absolute atomic E-state index is 0.0214. The van der Waals surface area contributed by atoms with E-state index >= 15 is 0 Å². The average molecular weight is 688 g/mol. The topological polar surface area (TPSA) is 115 Å². The number of likely N-dealkylation sites (N-methyl/N-ethyl adjacent to an activating group) is 1. The van der Waals surface area contributed by atoms with Crippen molar-refractivity contribution < 1.29 is 31.4 Å². The summed E-state index contributed by atoms with van der Waals surface area (Å²) in [6.07, 6.45) is 0.0802. The van der Waals surface area contributed by atoms with Gasteiger partial charge in [-0.25, -0.2) is 22.2 Å². The van der Waals surface area contributed by atoms with Gasteiger partial charge in [-0.05, 0) is 40.1 Å². The Balaban J connectivity index is 1.60. The summed E-state index contributed by atoms with van der Waals surface area (Å²) in [5.41, 5.74) is 0.467. The molecule has 0 bridgehead atoms. The number of ether oxygens (including phenoxy) is 3. The summed E-state index contributed by atoms with van der Waals surface area (Å²) >= 11 is 0.727. The van der Waals surface area contributed by atoms with E-state index in [0.29, 0.717) is 37.4 Å². The second kappa shape index (κ2) is 13.2. The highest BCUT2D eigenvalue weighted by atomic mass is 32.2. The molecule has 5 heterocycles. The normalized spacial score (nSPS) is 20.9. The number of aromatic nitrogens is 4. The minimum atomic E-state index is -4.15. The van der Waals surface area contributed by atoms with Crippen molar-refractivity contribution in [3.05, 3.63) is 23.5 Å². The second-order valence-electron chi connectivity index (χ2n) is 13.6. The summed E-state index contributed by atoms with van der Waals surface area (Å²) < 4.78 is 76.6. The van der Waals surface area contributed by atoms with Crippen LogP contribution < -0.4 is 4.90 Å². The van der Waals surface area contributed by atoms with Gasteiger partial charge >= 0.3 is 0 Å². The van der Waals surface area contributed by atoms with E-state index in [0.717, 1.165) is 17.4 Å². The predicted octanol–water partition coefficient (Wildman–Crippen LogP) is 4.04. The van der Waals surface area contributed by atoms with Crippen LogP contribution in [0.1, 0.15) is 25.3 Å². The molecule has 0 spiro atoms. The first kappa shape index (κ1) is 34.2. The fourth-order valence-electron chi connectivity index (χ4n) is 5.48. The lowest BCUT2D eigenvalue weighted by Gasteiger charge is -2.45. The quantitative estimate of drug-likeness (QED) is 0.148. The summed E-state index contributed by atoms with van der Waals surface area (Å²) in [4.78, 5) is 8.69. The van der Waals surface area contributed by atoms with Crippen LogP contribution in [-0.2, 0) is 24.2 Å². The summed E-state index contributed by atoms with van der Waals surface area (Å²) in [5.74, 6) is 0.231. The van der Waals surface area contributed by atoms with Crippen LogP contribution in [0.5, 0.6) is 0 Å². The first-order valence-electron chi connectivity index (χ1n) is 14.9. The zero-order valence-corrected chi connectivity index (χ0v) is 29.5. The molecule has 2 fully saturated rings. The zero-order chi connectivity index (χ0) is 32.7. The Morgan fingerprint density at radius 2 is 1.96 bits per heavy atom. The first-order valence-corrected chi connectivity index (χ1v) is 20.9. The van der Waals surface area contributed by atoms with Gasteiger partial charge in [0, 0.05) is 40.5 Å². The molecule has 0 aliphatic carbocycles. The molecule has 45 heavy (non-hydrogen) atoms. The van der Waals surface area contributed by atoms with Gasteiger partial charge in [-0.3, -0.25) is 4.40 Å². The summed E-state index contributed by atoms with van der Waals surface area (Å²) in [6.45, 7) is 13.1. The van der Waals surface area contributed by atoms with E-state index in [4.69, 9.17) is 14.2 Å². The Morgan fingerprint density at radius 3 is 2.56 bits per heavy atom. The van der Waals surface area contributed by atoms with Gasteiger partial charge in [0.15, 0.2) is 15.8 Å². The van der Waals surface area contributed by atoms with Gasteiger partial charge in [-0.2, -0.15) is 4.31 Å². The lowest BCUT2D eigenvalue weighted by atomic mass is 10.0. The van der Waals surface area contributed by atoms with Crippen molar-refractivity contribution in [2.24, 2.45) is 0 Å². The van der Waals surface area contributed by atoms with Gasteiger partial charge in [0.25, 0.3) is 6.43 Å². The maximum Gasteiger partial charge on any atom is 0.291 e. The molecule has 2 aliphatic heterocycles. The number of halogens is 2. The van der Waals surface area contributed by atoms with E-state index in [-0.39, 0.29) is 47.9 Å². The Hall–Kier alpha value is -2.12. The van der Waals surface area contributed by atoms with E-state index < -0.39 is 35.1 Å². The Labute approximate surface area is 268 Å². The SMILES string of the molecule is C[C@H]1CN(c2cc(S(=O)(=O)N(COCC[Si](C)(C)C)C3(C)COC3)cn3c(-c4nnc(C(F)F)s4)ncc23)C[C@H](CN(C)C)O1. The lowest BCUT2D eigenvalue weighted by molar-refractivity contribution is -0.124. The highest BCUT2D eigenvalue weighted by Gasteiger charge is 2.47. The Bertz CT molecular complexity index is 1590. The highest BCUT2D eigenvalue weighted by Crippen LogP contribution is 2.37. The smallest absolute Gasteiger partial charge is 0.291 e. The van der Waals surface area contributed by atoms with E-state index in [1.807, 2.05) is 32.8 Å². The van der Waals surface area contributed by atoms with Gasteiger partial charge in [-0.15, -0.1) is 10.2 Å². The molecule has 3 aromatic rings. The molecule has 0 saturated carbocycles. The molecule has 250 valence electrons. The number of sulfonamides is 1. The third kappa shape index (κ3) is 7.56. The molecular formula is C28H43F2N7O5S2Si. The van der Waals surface area contributed by atoms with Gasteiger partial charge in [0.05, 0.1) is 48.4 Å². The molecular weight excluding hydrogens is 645 g/mol. The summed E-state index contributed by atoms with van der Waals surface area (Å²) in [5, 5.41) is 7.32. The zero-order valence-electron chi connectivity index (χ0n) is 26.9. The molecule has 2 aliphatic rings. The van der Waals surface area contributed by atoms with Crippen LogP contribution in [0.25, 0.3) is 16.3 Å². The molecule has 0 radical (unpaired) electrons. The van der Waals surface area contributed by atoms with Gasteiger partial charge in [0.2, 0.25) is 10.0 Å². The van der Waals surface area contributed by atoms with Crippen molar-refractivity contribution in [1.82, 2.24) is 28.8 Å². The van der Waals surface area contributed by atoms with E-state index in [9.17, 15) is 17.2 Å². The largest absolute Gasteiger partial charge is 0.377 e. The van der Waals surface area contributed by atoms with Crippen molar-refractivity contribution in [3.8, 4) is 10.8 Å². The fraction of sp³-hybridized carbons (Fsp3) is 0.679. The van der Waals surface area contributed by atoms with Crippen LogP contribution in [-0.4, -0.2) is 123 Å². The molecule has 2 saturated heterocycles. The van der Waals surface area contributed by atoms with Crippen LogP contribution in [0, 0.1) is 0 Å². The number of imidazole rings is 1. The molecule has 0 N–H and O–H groups in total. The lowest BCUT2D eigenvalue weighted by Crippen LogP contribution is -2.62.